The highest BCUT2D eigenvalue weighted by Crippen LogP contribution is 2.23. The largest absolute Gasteiger partial charge is 0.349 e. The van der Waals surface area contributed by atoms with E-state index in [1.165, 1.54) is 18.2 Å². The van der Waals surface area contributed by atoms with Crippen LogP contribution < -0.4 is 10.6 Å². The van der Waals surface area contributed by atoms with Gasteiger partial charge in [0.2, 0.25) is 0 Å². The lowest BCUT2D eigenvalue weighted by molar-refractivity contribution is -0.384. The van der Waals surface area contributed by atoms with Gasteiger partial charge >= 0.3 is 0 Å². The third-order valence-electron chi connectivity index (χ3n) is 3.51. The van der Waals surface area contributed by atoms with Crippen LogP contribution in [-0.2, 0) is 0 Å². The molecular weight excluding hydrogens is 282 g/mol. The summed E-state index contributed by atoms with van der Waals surface area (Å²) in [6.07, 6.45) is 0.859. The van der Waals surface area contributed by atoms with Gasteiger partial charge in [0.1, 0.15) is 0 Å². The fraction of sp³-hybridized carbons (Fsp3) is 0.462. The number of carbonyl (C=O) groups excluding carboxylic acids is 1. The summed E-state index contributed by atoms with van der Waals surface area (Å²) < 4.78 is 0. The minimum Gasteiger partial charge on any atom is -0.349 e. The number of carbonyl (C=O) groups is 1. The topological polar surface area (TPSA) is 84.3 Å². The summed E-state index contributed by atoms with van der Waals surface area (Å²) >= 11 is 5.94. The van der Waals surface area contributed by atoms with Crippen molar-refractivity contribution in [3.8, 4) is 0 Å². The molecule has 108 valence electrons. The van der Waals surface area contributed by atoms with Crippen molar-refractivity contribution in [1.82, 2.24) is 10.6 Å². The van der Waals surface area contributed by atoms with E-state index in [1.54, 1.807) is 0 Å². The van der Waals surface area contributed by atoms with E-state index in [9.17, 15) is 14.9 Å². The van der Waals surface area contributed by atoms with Gasteiger partial charge < -0.3 is 10.6 Å². The Morgan fingerprint density at radius 1 is 1.55 bits per heavy atom. The minimum atomic E-state index is -0.539. The Morgan fingerprint density at radius 3 is 2.90 bits per heavy atom. The van der Waals surface area contributed by atoms with E-state index in [0.29, 0.717) is 5.92 Å². The van der Waals surface area contributed by atoms with Gasteiger partial charge in [-0.25, -0.2) is 0 Å². The number of nitro groups is 1. The molecule has 1 aromatic rings. The summed E-state index contributed by atoms with van der Waals surface area (Å²) in [4.78, 5) is 22.3. The summed E-state index contributed by atoms with van der Waals surface area (Å²) in [5.74, 6) is 0.0492. The molecule has 1 amide bonds. The number of amides is 1. The molecule has 1 heterocycles. The second kappa shape index (κ2) is 6.19. The number of hydrogen-bond donors (Lipinski definition) is 2. The Balaban J connectivity index is 2.11. The van der Waals surface area contributed by atoms with Crippen molar-refractivity contribution in [2.75, 3.05) is 13.1 Å². The van der Waals surface area contributed by atoms with Crippen molar-refractivity contribution < 1.29 is 9.72 Å². The van der Waals surface area contributed by atoms with Crippen LogP contribution in [0.5, 0.6) is 0 Å². The van der Waals surface area contributed by atoms with E-state index in [4.69, 9.17) is 11.6 Å². The van der Waals surface area contributed by atoms with Crippen molar-refractivity contribution in [2.24, 2.45) is 5.92 Å². The zero-order valence-electron chi connectivity index (χ0n) is 11.1. The third-order valence-corrected chi connectivity index (χ3v) is 3.82. The van der Waals surface area contributed by atoms with Gasteiger partial charge in [0, 0.05) is 18.2 Å². The number of piperidine rings is 1. The van der Waals surface area contributed by atoms with E-state index < -0.39 is 4.92 Å². The zero-order valence-corrected chi connectivity index (χ0v) is 11.8. The van der Waals surface area contributed by atoms with Crippen LogP contribution in [0.2, 0.25) is 5.02 Å². The van der Waals surface area contributed by atoms with Gasteiger partial charge in [-0.05, 0) is 31.5 Å². The Labute approximate surface area is 121 Å². The molecule has 1 aromatic carbocycles. The Bertz CT molecular complexity index is 536. The fourth-order valence-corrected chi connectivity index (χ4v) is 2.54. The van der Waals surface area contributed by atoms with Crippen molar-refractivity contribution in [2.45, 2.75) is 19.4 Å². The van der Waals surface area contributed by atoms with Crippen LogP contribution in [0.4, 0.5) is 5.69 Å². The lowest BCUT2D eigenvalue weighted by atomic mass is 9.95. The molecule has 0 saturated carbocycles. The lowest BCUT2D eigenvalue weighted by Gasteiger charge is -2.30. The number of benzene rings is 1. The summed E-state index contributed by atoms with van der Waals surface area (Å²) in [6.45, 7) is 3.79. The first-order valence-corrected chi connectivity index (χ1v) is 6.82. The maximum Gasteiger partial charge on any atom is 0.270 e. The van der Waals surface area contributed by atoms with Crippen LogP contribution in [0.3, 0.4) is 0 Å². The molecule has 1 saturated heterocycles. The summed E-state index contributed by atoms with van der Waals surface area (Å²) in [6, 6.07) is 3.96. The summed E-state index contributed by atoms with van der Waals surface area (Å²) in [5.41, 5.74) is 0.143. The van der Waals surface area contributed by atoms with Gasteiger partial charge in [-0.2, -0.15) is 0 Å². The maximum absolute atomic E-state index is 12.2. The Hall–Kier alpha value is -1.66. The second-order valence-electron chi connectivity index (χ2n) is 4.97. The highest BCUT2D eigenvalue weighted by Gasteiger charge is 2.24. The quantitative estimate of drug-likeness (QED) is 0.660. The molecule has 0 aliphatic carbocycles. The normalized spacial score (nSPS) is 22.3. The molecule has 2 unspecified atom stereocenters. The van der Waals surface area contributed by atoms with Crippen LogP contribution in [0, 0.1) is 16.0 Å². The summed E-state index contributed by atoms with van der Waals surface area (Å²) in [7, 11) is 0. The first-order chi connectivity index (χ1) is 9.49. The standard InChI is InChI=1S/C13H16ClN3O3/c1-8-7-15-5-4-12(8)16-13(18)10-3-2-9(17(19)20)6-11(10)14/h2-3,6,8,12,15H,4-5,7H2,1H3,(H,16,18). The van der Waals surface area contributed by atoms with E-state index >= 15 is 0 Å². The number of nitrogens with one attached hydrogen (secondary N) is 2. The molecule has 0 radical (unpaired) electrons. The molecule has 1 aliphatic rings. The number of hydrogen-bond acceptors (Lipinski definition) is 4. The molecule has 7 heteroatoms. The van der Waals surface area contributed by atoms with Crippen LogP contribution in [0.25, 0.3) is 0 Å². The number of non-ortho nitro benzene ring substituents is 1. The third kappa shape index (κ3) is 3.26. The smallest absolute Gasteiger partial charge is 0.270 e. The first-order valence-electron chi connectivity index (χ1n) is 6.44. The molecule has 0 spiro atoms. The van der Waals surface area contributed by atoms with Crippen molar-refractivity contribution >= 4 is 23.2 Å². The first kappa shape index (κ1) is 14.7. The molecule has 1 aliphatic heterocycles. The van der Waals surface area contributed by atoms with E-state index in [1.807, 2.05) is 0 Å². The Kier molecular flexibility index (Phi) is 4.57. The lowest BCUT2D eigenvalue weighted by Crippen LogP contribution is -2.48. The molecule has 0 aromatic heterocycles. The average molecular weight is 298 g/mol. The molecule has 2 rings (SSSR count). The average Bonchev–Trinajstić information content (AvgIpc) is 2.41. The summed E-state index contributed by atoms with van der Waals surface area (Å²) in [5, 5.41) is 16.9. The van der Waals surface area contributed by atoms with Gasteiger partial charge in [0.25, 0.3) is 11.6 Å². The highest BCUT2D eigenvalue weighted by molar-refractivity contribution is 6.34. The molecule has 0 bridgehead atoms. The minimum absolute atomic E-state index is 0.0926. The van der Waals surface area contributed by atoms with Gasteiger partial charge in [-0.3, -0.25) is 14.9 Å². The molecule has 1 fully saturated rings. The van der Waals surface area contributed by atoms with Crippen molar-refractivity contribution in [3.63, 3.8) is 0 Å². The van der Waals surface area contributed by atoms with Gasteiger partial charge in [-0.1, -0.05) is 18.5 Å². The number of nitrogens with zero attached hydrogens (tertiary/aromatic N) is 1. The second-order valence-corrected chi connectivity index (χ2v) is 5.38. The monoisotopic (exact) mass is 297 g/mol. The maximum atomic E-state index is 12.2. The van der Waals surface area contributed by atoms with Crippen molar-refractivity contribution in [3.05, 3.63) is 38.9 Å². The van der Waals surface area contributed by atoms with E-state index in [2.05, 4.69) is 17.6 Å². The van der Waals surface area contributed by atoms with Gasteiger partial charge in [0.05, 0.1) is 15.5 Å². The molecular formula is C13H16ClN3O3. The van der Waals surface area contributed by atoms with Crippen LogP contribution in [0.1, 0.15) is 23.7 Å². The molecule has 2 N–H and O–H groups in total. The molecule has 6 nitrogen and oxygen atoms in total. The van der Waals surface area contributed by atoms with Crippen LogP contribution in [-0.4, -0.2) is 30.0 Å². The van der Waals surface area contributed by atoms with E-state index in [0.717, 1.165) is 19.5 Å². The zero-order chi connectivity index (χ0) is 14.7. The number of rotatable bonds is 3. The van der Waals surface area contributed by atoms with Crippen LogP contribution >= 0.6 is 11.6 Å². The van der Waals surface area contributed by atoms with Crippen molar-refractivity contribution in [1.29, 1.82) is 0 Å². The predicted octanol–water partition coefficient (Wildman–Crippen LogP) is 1.98. The Morgan fingerprint density at radius 2 is 2.30 bits per heavy atom. The fourth-order valence-electron chi connectivity index (χ4n) is 2.28. The SMILES string of the molecule is CC1CNCCC1NC(=O)c1ccc([N+](=O)[O-])cc1Cl. The molecule has 2 atom stereocenters. The predicted molar refractivity (Wildman–Crippen MR) is 76.0 cm³/mol. The molecule has 20 heavy (non-hydrogen) atoms. The highest BCUT2D eigenvalue weighted by atomic mass is 35.5. The van der Waals surface area contributed by atoms with Gasteiger partial charge in [-0.15, -0.1) is 0 Å². The van der Waals surface area contributed by atoms with Gasteiger partial charge in [0.15, 0.2) is 0 Å². The number of halogens is 1. The van der Waals surface area contributed by atoms with Crippen LogP contribution in [0.15, 0.2) is 18.2 Å². The van der Waals surface area contributed by atoms with E-state index in [-0.39, 0.29) is 28.2 Å². The number of nitro benzene ring substituents is 1.